The molecule has 4 heteroatoms. The van der Waals surface area contributed by atoms with Gasteiger partial charge in [0.2, 0.25) is 0 Å². The molecular weight excluding hydrogens is 376 g/mol. The van der Waals surface area contributed by atoms with E-state index in [0.717, 1.165) is 32.1 Å². The fourth-order valence-electron chi connectivity index (χ4n) is 4.36. The van der Waals surface area contributed by atoms with Crippen LogP contribution in [0.2, 0.25) is 0 Å². The molecule has 2 unspecified atom stereocenters. The zero-order chi connectivity index (χ0) is 22.2. The van der Waals surface area contributed by atoms with Crippen LogP contribution in [0.1, 0.15) is 124 Å². The van der Waals surface area contributed by atoms with Crippen LogP contribution < -0.4 is 0 Å². The Morgan fingerprint density at radius 1 is 0.700 bits per heavy atom. The van der Waals surface area contributed by atoms with Crippen LogP contribution in [0.4, 0.5) is 0 Å². The van der Waals surface area contributed by atoms with Crippen molar-refractivity contribution in [1.29, 1.82) is 0 Å². The molecule has 2 atom stereocenters. The third-order valence-electron chi connectivity index (χ3n) is 6.59. The monoisotopic (exact) mass is 424 g/mol. The number of carbonyl (C=O) groups is 2. The van der Waals surface area contributed by atoms with Crippen LogP contribution in [0, 0.1) is 17.3 Å². The van der Waals surface area contributed by atoms with Gasteiger partial charge in [-0.2, -0.15) is 0 Å². The Bertz CT molecular complexity index is 432. The molecule has 0 aromatic heterocycles. The number of hydrogen-bond donors (Lipinski definition) is 0. The second-order valence-corrected chi connectivity index (χ2v) is 9.75. The topological polar surface area (TPSA) is 52.6 Å². The van der Waals surface area contributed by atoms with Crippen LogP contribution in [0.15, 0.2) is 0 Å². The molecule has 0 aromatic carbocycles. The van der Waals surface area contributed by atoms with Crippen LogP contribution in [0.3, 0.4) is 0 Å². The van der Waals surface area contributed by atoms with Gasteiger partial charge in [-0.05, 0) is 37.5 Å². The van der Waals surface area contributed by atoms with Crippen molar-refractivity contribution in [1.82, 2.24) is 0 Å². The molecule has 0 saturated heterocycles. The lowest BCUT2D eigenvalue weighted by Gasteiger charge is -2.33. The van der Waals surface area contributed by atoms with E-state index in [9.17, 15) is 9.59 Å². The lowest BCUT2D eigenvalue weighted by atomic mass is 9.74. The molecule has 0 N–H and O–H groups in total. The highest BCUT2D eigenvalue weighted by molar-refractivity contribution is 6.00. The van der Waals surface area contributed by atoms with Gasteiger partial charge in [0, 0.05) is 0 Å². The molecule has 30 heavy (non-hydrogen) atoms. The summed E-state index contributed by atoms with van der Waals surface area (Å²) in [6.07, 6.45) is 15.9. The minimum absolute atomic E-state index is 0.339. The second kappa shape index (κ2) is 15.7. The van der Waals surface area contributed by atoms with Gasteiger partial charge in [0.1, 0.15) is 0 Å². The van der Waals surface area contributed by atoms with E-state index < -0.39 is 5.41 Å². The summed E-state index contributed by atoms with van der Waals surface area (Å²) in [4.78, 5) is 26.0. The van der Waals surface area contributed by atoms with Gasteiger partial charge >= 0.3 is 11.9 Å². The third-order valence-corrected chi connectivity index (χ3v) is 6.59. The molecule has 0 aliphatic heterocycles. The predicted octanol–water partition coefficient (Wildman–Crippen LogP) is 7.24. The zero-order valence-corrected chi connectivity index (χ0v) is 20.3. The Morgan fingerprint density at radius 3 is 1.53 bits per heavy atom. The lowest BCUT2D eigenvalue weighted by Crippen LogP contribution is -2.44. The van der Waals surface area contributed by atoms with Crippen LogP contribution in [0.25, 0.3) is 0 Å². The molecule has 0 spiro atoms. The molecule has 0 aromatic rings. The summed E-state index contributed by atoms with van der Waals surface area (Å²) in [7, 11) is 0. The predicted molar refractivity (Wildman–Crippen MR) is 123 cm³/mol. The summed E-state index contributed by atoms with van der Waals surface area (Å²) in [6, 6.07) is 0. The smallest absolute Gasteiger partial charge is 0.323 e. The quantitative estimate of drug-likeness (QED) is 0.149. The second-order valence-electron chi connectivity index (χ2n) is 9.75. The van der Waals surface area contributed by atoms with E-state index in [0.29, 0.717) is 37.9 Å². The van der Waals surface area contributed by atoms with Gasteiger partial charge in [0.05, 0.1) is 13.2 Å². The maximum absolute atomic E-state index is 13.0. The summed E-state index contributed by atoms with van der Waals surface area (Å²) in [5.41, 5.74) is -1.07. The van der Waals surface area contributed by atoms with Crippen molar-refractivity contribution in [2.75, 3.05) is 13.2 Å². The number of unbranched alkanes of at least 4 members (excludes halogenated alkanes) is 6. The highest BCUT2D eigenvalue weighted by atomic mass is 16.6. The first-order chi connectivity index (χ1) is 14.5. The van der Waals surface area contributed by atoms with E-state index in [1.54, 1.807) is 0 Å². The Kier molecular flexibility index (Phi) is 14.1. The maximum atomic E-state index is 13.0. The normalized spacial score (nSPS) is 17.9. The molecule has 0 radical (unpaired) electrons. The van der Waals surface area contributed by atoms with E-state index in [1.807, 2.05) is 0 Å². The van der Waals surface area contributed by atoms with Gasteiger partial charge in [-0.3, -0.25) is 9.59 Å². The van der Waals surface area contributed by atoms with Crippen molar-refractivity contribution in [3.05, 3.63) is 0 Å². The SMILES string of the molecule is CCCCCCC(C)COC(=O)C1(C(=O)OCC(C)CCCCCC)CCCCC1. The van der Waals surface area contributed by atoms with Crippen molar-refractivity contribution in [3.8, 4) is 0 Å². The van der Waals surface area contributed by atoms with E-state index in [1.165, 1.54) is 51.4 Å². The fourth-order valence-corrected chi connectivity index (χ4v) is 4.36. The van der Waals surface area contributed by atoms with Crippen LogP contribution in [0.5, 0.6) is 0 Å². The minimum atomic E-state index is -1.07. The number of hydrogen-bond acceptors (Lipinski definition) is 4. The first-order valence-electron chi connectivity index (χ1n) is 12.8. The molecule has 0 heterocycles. The molecule has 0 amide bonds. The van der Waals surface area contributed by atoms with Crippen molar-refractivity contribution in [2.45, 2.75) is 124 Å². The van der Waals surface area contributed by atoms with Gasteiger partial charge < -0.3 is 9.47 Å². The summed E-state index contributed by atoms with van der Waals surface area (Å²) < 4.78 is 11.4. The highest BCUT2D eigenvalue weighted by Crippen LogP contribution is 2.39. The lowest BCUT2D eigenvalue weighted by molar-refractivity contribution is -0.176. The maximum Gasteiger partial charge on any atom is 0.323 e. The molecule has 4 nitrogen and oxygen atoms in total. The van der Waals surface area contributed by atoms with Crippen molar-refractivity contribution >= 4 is 11.9 Å². The molecule has 1 aliphatic rings. The van der Waals surface area contributed by atoms with Gasteiger partial charge in [-0.15, -0.1) is 0 Å². The fraction of sp³-hybridized carbons (Fsp3) is 0.923. The van der Waals surface area contributed by atoms with Gasteiger partial charge in [0.15, 0.2) is 5.41 Å². The average Bonchev–Trinajstić information content (AvgIpc) is 2.76. The van der Waals surface area contributed by atoms with Gasteiger partial charge in [-0.25, -0.2) is 0 Å². The average molecular weight is 425 g/mol. The third kappa shape index (κ3) is 9.83. The van der Waals surface area contributed by atoms with E-state index in [2.05, 4.69) is 27.7 Å². The largest absolute Gasteiger partial charge is 0.465 e. The summed E-state index contributed by atoms with van der Waals surface area (Å²) >= 11 is 0. The summed E-state index contributed by atoms with van der Waals surface area (Å²) in [6.45, 7) is 9.50. The Balaban J connectivity index is 2.50. The standard InChI is InChI=1S/C26H48O4/c1-5-7-9-12-16-22(3)20-29-24(27)26(18-14-11-15-19-26)25(28)30-21-23(4)17-13-10-8-6-2/h22-23H,5-21H2,1-4H3. The van der Waals surface area contributed by atoms with E-state index in [-0.39, 0.29) is 11.9 Å². The van der Waals surface area contributed by atoms with Crippen molar-refractivity contribution in [3.63, 3.8) is 0 Å². The minimum Gasteiger partial charge on any atom is -0.465 e. The molecular formula is C26H48O4. The molecule has 1 fully saturated rings. The number of ether oxygens (including phenoxy) is 2. The number of rotatable bonds is 16. The molecule has 0 bridgehead atoms. The molecule has 1 rings (SSSR count). The Labute approximate surface area is 185 Å². The van der Waals surface area contributed by atoms with Crippen LogP contribution >= 0.6 is 0 Å². The van der Waals surface area contributed by atoms with Crippen molar-refractivity contribution < 1.29 is 19.1 Å². The van der Waals surface area contributed by atoms with E-state index in [4.69, 9.17) is 9.47 Å². The van der Waals surface area contributed by atoms with Crippen LogP contribution in [-0.4, -0.2) is 25.2 Å². The molecule has 1 aliphatic carbocycles. The van der Waals surface area contributed by atoms with Gasteiger partial charge in [0.25, 0.3) is 0 Å². The first kappa shape index (κ1) is 27.0. The highest BCUT2D eigenvalue weighted by Gasteiger charge is 2.49. The van der Waals surface area contributed by atoms with Crippen LogP contribution in [-0.2, 0) is 19.1 Å². The number of esters is 2. The van der Waals surface area contributed by atoms with Gasteiger partial charge in [-0.1, -0.05) is 98.3 Å². The summed E-state index contributed by atoms with van der Waals surface area (Å²) in [5.74, 6) is -0.0114. The first-order valence-corrected chi connectivity index (χ1v) is 12.8. The van der Waals surface area contributed by atoms with Crippen molar-refractivity contribution in [2.24, 2.45) is 17.3 Å². The summed E-state index contributed by atoms with van der Waals surface area (Å²) in [5, 5.41) is 0. The Hall–Kier alpha value is -1.06. The zero-order valence-electron chi connectivity index (χ0n) is 20.3. The van der Waals surface area contributed by atoms with E-state index >= 15 is 0 Å². The molecule has 1 saturated carbocycles. The Morgan fingerprint density at radius 2 is 1.13 bits per heavy atom. The molecule has 176 valence electrons. The number of carbonyl (C=O) groups excluding carboxylic acids is 2.